The summed E-state index contributed by atoms with van der Waals surface area (Å²) in [5, 5.41) is 17.2. The second kappa shape index (κ2) is 15.5. The van der Waals surface area contributed by atoms with Crippen LogP contribution in [0.2, 0.25) is 0 Å². The van der Waals surface area contributed by atoms with E-state index in [1.54, 1.807) is 0 Å². The van der Waals surface area contributed by atoms with Crippen molar-refractivity contribution in [1.29, 1.82) is 0 Å². The second-order valence-electron chi connectivity index (χ2n) is 6.11. The van der Waals surface area contributed by atoms with Crippen LogP contribution in [-0.4, -0.2) is 72.9 Å². The number of nitrogens with zero attached hydrogens (tertiary/aromatic N) is 2. The average Bonchev–Trinajstić information content (AvgIpc) is 2.47. The Bertz CT molecular complexity index is 527. The molecule has 0 aliphatic rings. The van der Waals surface area contributed by atoms with Crippen molar-refractivity contribution in [2.75, 3.05) is 42.3 Å². The highest BCUT2D eigenvalue weighted by molar-refractivity contribution is 6.75. The quantitative estimate of drug-likeness (QED) is 0.513. The zero-order valence-electron chi connectivity index (χ0n) is 15.9. The molecule has 0 spiro atoms. The molecule has 0 radical (unpaired) electrons. The van der Waals surface area contributed by atoms with Crippen molar-refractivity contribution in [3.8, 4) is 0 Å². The molecule has 1 aromatic rings. The lowest BCUT2D eigenvalue weighted by Gasteiger charge is -2.22. The highest BCUT2D eigenvalue weighted by Gasteiger charge is 2.20. The summed E-state index contributed by atoms with van der Waals surface area (Å²) in [4.78, 5) is 19.7. The molecule has 0 aromatic heterocycles. The second-order valence-corrected chi connectivity index (χ2v) is 9.49. The monoisotopic (exact) mass is 484 g/mol. The van der Waals surface area contributed by atoms with Gasteiger partial charge >= 0.3 is 5.97 Å². The number of benzene rings is 1. The van der Waals surface area contributed by atoms with Crippen LogP contribution in [0.3, 0.4) is 0 Å². The van der Waals surface area contributed by atoms with Gasteiger partial charge in [0.15, 0.2) is 0 Å². The van der Waals surface area contributed by atoms with E-state index in [0.717, 1.165) is 4.48 Å². The molecule has 0 bridgehead atoms. The van der Waals surface area contributed by atoms with E-state index < -0.39 is 20.6 Å². The molecule has 1 N–H and O–H groups in total. The number of para-hydroxylation sites is 1. The Morgan fingerprint density at radius 3 is 1.41 bits per heavy atom. The number of carbonyl (C=O) groups excluding carboxylic acids is 1. The first-order valence-corrected chi connectivity index (χ1v) is 9.20. The maximum atomic E-state index is 9.51. The van der Waals surface area contributed by atoms with E-state index in [9.17, 15) is 14.7 Å². The van der Waals surface area contributed by atoms with Crippen molar-refractivity contribution >= 4 is 75.6 Å². The summed E-state index contributed by atoms with van der Waals surface area (Å²) >= 11 is 23.8. The Hall–Kier alpha value is -0.470. The molecule has 11 heteroatoms. The number of alkyl halides is 5. The molecule has 1 aromatic carbocycles. The molecule has 6 nitrogen and oxygen atoms in total. The Morgan fingerprint density at radius 1 is 1.04 bits per heavy atom. The fourth-order valence-corrected chi connectivity index (χ4v) is 0.875. The maximum absolute atomic E-state index is 9.51. The van der Waals surface area contributed by atoms with Crippen molar-refractivity contribution in [3.63, 3.8) is 0 Å². The van der Waals surface area contributed by atoms with E-state index in [-0.39, 0.29) is 0 Å². The zero-order valence-corrected chi connectivity index (χ0v) is 19.7. The van der Waals surface area contributed by atoms with Crippen molar-refractivity contribution < 1.29 is 19.8 Å². The number of carboxylic acids is 2. The van der Waals surface area contributed by atoms with Crippen LogP contribution in [0.15, 0.2) is 30.3 Å². The minimum absolute atomic E-state index is 0.890. The molecule has 0 fully saturated rings. The summed E-state index contributed by atoms with van der Waals surface area (Å²) in [6, 6.07) is 10.5. The van der Waals surface area contributed by atoms with Crippen molar-refractivity contribution in [2.24, 2.45) is 0 Å². The molecule has 0 atom stereocenters. The summed E-state index contributed by atoms with van der Waals surface area (Å²) in [6.45, 7) is 0. The SMILES string of the molecule is CN(C)C.C[N+](C)(C)c1ccccc1.O=C(O)C(Cl)Cl.O=C([O-])C(Cl)(Cl)Cl. The Labute approximate surface area is 185 Å². The summed E-state index contributed by atoms with van der Waals surface area (Å²) in [5.41, 5.74) is 1.34. The van der Waals surface area contributed by atoms with Gasteiger partial charge in [-0.1, -0.05) is 76.2 Å². The molecule has 0 saturated heterocycles. The first-order chi connectivity index (χ1) is 11.9. The first kappa shape index (κ1) is 31.2. The molecular weight excluding hydrogens is 461 g/mol. The fraction of sp³-hybridized carbons (Fsp3) is 0.500. The molecule has 1 rings (SSSR count). The number of rotatable bonds is 2. The average molecular weight is 487 g/mol. The van der Waals surface area contributed by atoms with Crippen molar-refractivity contribution in [3.05, 3.63) is 30.3 Å². The Morgan fingerprint density at radius 2 is 1.30 bits per heavy atom. The third-order valence-corrected chi connectivity index (χ3v) is 2.79. The predicted molar refractivity (Wildman–Crippen MR) is 114 cm³/mol. The Balaban J connectivity index is -0.000000302. The topological polar surface area (TPSA) is 80.7 Å². The lowest BCUT2D eigenvalue weighted by molar-refractivity contribution is -0.304. The van der Waals surface area contributed by atoms with Crippen molar-refractivity contribution in [2.45, 2.75) is 8.63 Å². The highest BCUT2D eigenvalue weighted by Crippen LogP contribution is 2.24. The third-order valence-electron chi connectivity index (χ3n) is 1.95. The lowest BCUT2D eigenvalue weighted by atomic mass is 10.3. The van der Waals surface area contributed by atoms with Gasteiger partial charge in [0.25, 0.3) is 0 Å². The number of hydrogen-bond donors (Lipinski definition) is 1. The molecule has 0 saturated carbocycles. The Kier molecular flexibility index (Phi) is 17.9. The number of quaternary nitrogens is 1. The van der Waals surface area contributed by atoms with E-state index in [4.69, 9.17) is 63.1 Å². The van der Waals surface area contributed by atoms with Gasteiger partial charge in [0.1, 0.15) is 5.69 Å². The number of aliphatic carboxylic acids is 2. The molecule has 27 heavy (non-hydrogen) atoms. The normalized spacial score (nSPS) is 10.6. The van der Waals surface area contributed by atoms with Crippen molar-refractivity contribution in [1.82, 2.24) is 9.38 Å². The molecule has 0 unspecified atom stereocenters. The lowest BCUT2D eigenvalue weighted by Crippen LogP contribution is -2.35. The van der Waals surface area contributed by atoms with Gasteiger partial charge in [-0.05, 0) is 33.3 Å². The van der Waals surface area contributed by atoms with Gasteiger partial charge in [0.05, 0.1) is 27.1 Å². The van der Waals surface area contributed by atoms with Crippen LogP contribution in [0.25, 0.3) is 0 Å². The minimum Gasteiger partial charge on any atom is -0.545 e. The van der Waals surface area contributed by atoms with E-state index in [2.05, 4.69) is 45.4 Å². The number of carboxylic acid groups (broad SMARTS) is 2. The summed E-state index contributed by atoms with van der Waals surface area (Å²) in [6.07, 6.45) is 0. The number of halogens is 5. The van der Waals surface area contributed by atoms with Gasteiger partial charge < -0.3 is 19.9 Å². The van der Waals surface area contributed by atoms with E-state index >= 15 is 0 Å². The van der Waals surface area contributed by atoms with Gasteiger partial charge in [-0.3, -0.25) is 4.48 Å². The van der Waals surface area contributed by atoms with Crippen LogP contribution in [0.4, 0.5) is 5.69 Å². The van der Waals surface area contributed by atoms with Crippen LogP contribution >= 0.6 is 58.0 Å². The van der Waals surface area contributed by atoms with Gasteiger partial charge in [-0.15, -0.1) is 0 Å². The minimum atomic E-state index is -2.28. The van der Waals surface area contributed by atoms with Gasteiger partial charge in [0.2, 0.25) is 8.63 Å². The van der Waals surface area contributed by atoms with E-state index in [1.165, 1.54) is 5.69 Å². The number of hydrogen-bond acceptors (Lipinski definition) is 4. The fourth-order valence-electron chi connectivity index (χ4n) is 0.875. The molecule has 0 aliphatic carbocycles. The largest absolute Gasteiger partial charge is 0.545 e. The maximum Gasteiger partial charge on any atom is 0.337 e. The predicted octanol–water partition coefficient (Wildman–Crippen LogP) is 3.04. The van der Waals surface area contributed by atoms with E-state index in [1.807, 2.05) is 32.1 Å². The highest BCUT2D eigenvalue weighted by atomic mass is 35.6. The third kappa shape index (κ3) is 25.5. The summed E-state index contributed by atoms with van der Waals surface area (Å²) in [7, 11) is 12.5. The molecule has 158 valence electrons. The van der Waals surface area contributed by atoms with Gasteiger partial charge in [-0.25, -0.2) is 4.79 Å². The standard InChI is InChI=1S/C9H14N.C3H9N.C2HCl3O2.C2H2Cl2O2/c1-10(2,3)9-7-5-4-6-8-9;1-4(2)3;3-2(4,5)1(6)7;3-1(4)2(5)6/h4-8H,1-3H3;1-3H3;(H,6,7);1H,(H,5,6)/q+1;;;/p-1. The van der Waals surface area contributed by atoms with Crippen LogP contribution < -0.4 is 9.59 Å². The van der Waals surface area contributed by atoms with Gasteiger partial charge in [-0.2, -0.15) is 0 Å². The molecule has 0 aliphatic heterocycles. The summed E-state index contributed by atoms with van der Waals surface area (Å²) in [5.74, 6) is -2.92. The van der Waals surface area contributed by atoms with Crippen LogP contribution in [0, 0.1) is 0 Å². The summed E-state index contributed by atoms with van der Waals surface area (Å²) < 4.78 is -1.39. The smallest absolute Gasteiger partial charge is 0.337 e. The molecule has 0 amide bonds. The van der Waals surface area contributed by atoms with E-state index in [0.29, 0.717) is 0 Å². The number of carbonyl (C=O) groups is 2. The van der Waals surface area contributed by atoms with Crippen LogP contribution in [-0.2, 0) is 9.59 Å². The first-order valence-electron chi connectivity index (χ1n) is 7.20. The molecule has 0 heterocycles. The zero-order chi connectivity index (χ0) is 22.4. The van der Waals surface area contributed by atoms with Crippen LogP contribution in [0.5, 0.6) is 0 Å². The molecular formula is C16H25Cl5N2O4. The van der Waals surface area contributed by atoms with Gasteiger partial charge in [0, 0.05) is 0 Å². The van der Waals surface area contributed by atoms with Crippen LogP contribution in [0.1, 0.15) is 0 Å².